The predicted octanol–water partition coefficient (Wildman–Crippen LogP) is 4.21. The second-order valence-electron chi connectivity index (χ2n) is 8.83. The number of aliphatic hydroxyl groups is 1. The number of anilines is 2. The van der Waals surface area contributed by atoms with Crippen LogP contribution in [0.2, 0.25) is 5.02 Å². The molecule has 2 N–H and O–H groups in total. The lowest BCUT2D eigenvalue weighted by Gasteiger charge is -2.30. The Labute approximate surface area is 225 Å². The molecule has 4 aromatic rings. The van der Waals surface area contributed by atoms with Crippen molar-refractivity contribution < 1.29 is 23.1 Å². The van der Waals surface area contributed by atoms with Gasteiger partial charge in [0.15, 0.2) is 5.82 Å². The van der Waals surface area contributed by atoms with Gasteiger partial charge in [-0.1, -0.05) is 17.7 Å². The van der Waals surface area contributed by atoms with E-state index in [1.165, 1.54) is 24.0 Å². The largest absolute Gasteiger partial charge is 0.394 e. The van der Waals surface area contributed by atoms with Gasteiger partial charge < -0.3 is 15.3 Å². The standard InChI is InChI=1S/C25H22ClF3N8O2/c1-13-22(35-18(10-30-13)20-16(23(28)29)3-4-17(26)21(20)27)24(39)34-15-9-33-37(11-15)19(12-38)14-7-31-25(32-8-14)36-5-2-6-36/h3-4,7-11,19,23,38H,2,5-6,12H2,1H3,(H,34,39)/t19-/m0/s1. The third-order valence-corrected chi connectivity index (χ3v) is 6.61. The summed E-state index contributed by atoms with van der Waals surface area (Å²) in [4.78, 5) is 32.0. The van der Waals surface area contributed by atoms with E-state index in [9.17, 15) is 23.1 Å². The molecule has 0 saturated carbocycles. The second kappa shape index (κ2) is 10.9. The normalized spacial score (nSPS) is 13.9. The first-order valence-corrected chi connectivity index (χ1v) is 12.3. The Bertz CT molecular complexity index is 1510. The number of nitrogens with zero attached hydrogens (tertiary/aromatic N) is 7. The molecule has 1 atom stereocenters. The Morgan fingerprint density at radius 2 is 1.90 bits per heavy atom. The first kappa shape index (κ1) is 26.5. The van der Waals surface area contributed by atoms with Crippen LogP contribution in [0.15, 0.2) is 43.1 Å². The SMILES string of the molecule is Cc1ncc(-c2c(C(F)F)ccc(Cl)c2F)nc1C(=O)Nc1cnn([C@@H](CO)c2cnc(N3CCC3)nc2)c1. The van der Waals surface area contributed by atoms with Crippen LogP contribution in [0.25, 0.3) is 11.3 Å². The molecule has 3 aromatic heterocycles. The van der Waals surface area contributed by atoms with Crippen LogP contribution in [0.4, 0.5) is 24.8 Å². The summed E-state index contributed by atoms with van der Waals surface area (Å²) in [5, 5.41) is 16.5. The molecule has 1 amide bonds. The van der Waals surface area contributed by atoms with Crippen LogP contribution >= 0.6 is 11.6 Å². The van der Waals surface area contributed by atoms with Gasteiger partial charge in [0.1, 0.15) is 11.7 Å². The van der Waals surface area contributed by atoms with Gasteiger partial charge in [-0.05, 0) is 19.4 Å². The monoisotopic (exact) mass is 558 g/mol. The minimum atomic E-state index is -3.00. The van der Waals surface area contributed by atoms with Crippen LogP contribution in [-0.2, 0) is 0 Å². The summed E-state index contributed by atoms with van der Waals surface area (Å²) in [6.07, 6.45) is 5.30. The van der Waals surface area contributed by atoms with Crippen LogP contribution in [0.1, 0.15) is 46.2 Å². The van der Waals surface area contributed by atoms with Gasteiger partial charge in [-0.15, -0.1) is 0 Å². The Kier molecular flexibility index (Phi) is 7.44. The summed E-state index contributed by atoms with van der Waals surface area (Å²) in [6, 6.07) is 1.42. The summed E-state index contributed by atoms with van der Waals surface area (Å²) in [6.45, 7) is 3.01. The quantitative estimate of drug-likeness (QED) is 0.330. The first-order valence-electron chi connectivity index (χ1n) is 11.9. The maximum absolute atomic E-state index is 14.7. The average Bonchev–Trinajstić information content (AvgIpc) is 3.34. The van der Waals surface area contributed by atoms with E-state index in [1.54, 1.807) is 12.4 Å². The van der Waals surface area contributed by atoms with Crippen molar-refractivity contribution >= 4 is 29.1 Å². The van der Waals surface area contributed by atoms with Gasteiger partial charge in [-0.25, -0.2) is 28.1 Å². The number of hydrogen-bond donors (Lipinski definition) is 2. The fourth-order valence-corrected chi connectivity index (χ4v) is 4.24. The van der Waals surface area contributed by atoms with E-state index in [1.807, 2.05) is 4.90 Å². The molecular formula is C25H22ClF3N8O2. The number of benzene rings is 1. The zero-order valence-electron chi connectivity index (χ0n) is 20.5. The van der Waals surface area contributed by atoms with Crippen molar-refractivity contribution in [1.29, 1.82) is 0 Å². The third kappa shape index (κ3) is 5.27. The van der Waals surface area contributed by atoms with E-state index in [0.717, 1.165) is 37.8 Å². The molecule has 1 aliphatic rings. The minimum Gasteiger partial charge on any atom is -0.394 e. The van der Waals surface area contributed by atoms with Crippen LogP contribution in [0.5, 0.6) is 0 Å². The molecule has 1 saturated heterocycles. The molecule has 14 heteroatoms. The zero-order chi connectivity index (χ0) is 27.7. The molecular weight excluding hydrogens is 537 g/mol. The second-order valence-corrected chi connectivity index (χ2v) is 9.24. The molecule has 0 unspecified atom stereocenters. The van der Waals surface area contributed by atoms with Crippen LogP contribution in [0, 0.1) is 12.7 Å². The van der Waals surface area contributed by atoms with Crippen LogP contribution < -0.4 is 10.2 Å². The van der Waals surface area contributed by atoms with Gasteiger partial charge in [-0.3, -0.25) is 14.5 Å². The van der Waals surface area contributed by atoms with E-state index >= 15 is 0 Å². The Morgan fingerprint density at radius 1 is 1.15 bits per heavy atom. The summed E-state index contributed by atoms with van der Waals surface area (Å²) in [7, 11) is 0. The molecule has 0 aliphatic carbocycles. The van der Waals surface area contributed by atoms with Gasteiger partial charge in [0, 0.05) is 48.4 Å². The maximum atomic E-state index is 14.7. The van der Waals surface area contributed by atoms with Gasteiger partial charge in [0.2, 0.25) is 5.95 Å². The topological polar surface area (TPSA) is 122 Å². The molecule has 1 aliphatic heterocycles. The van der Waals surface area contributed by atoms with Gasteiger partial charge in [0.05, 0.1) is 41.1 Å². The number of hydrogen-bond acceptors (Lipinski definition) is 8. The Hall–Kier alpha value is -4.10. The number of rotatable bonds is 8. The molecule has 1 fully saturated rings. The molecule has 1 aromatic carbocycles. The lowest BCUT2D eigenvalue weighted by atomic mass is 10.0. The fraction of sp³-hybridized carbons (Fsp3) is 0.280. The minimum absolute atomic E-state index is 0.192. The maximum Gasteiger partial charge on any atom is 0.276 e. The number of carbonyl (C=O) groups excluding carboxylic acids is 1. The van der Waals surface area contributed by atoms with Crippen molar-refractivity contribution in [3.63, 3.8) is 0 Å². The van der Waals surface area contributed by atoms with E-state index in [4.69, 9.17) is 11.6 Å². The Balaban J connectivity index is 1.37. The molecule has 10 nitrogen and oxygen atoms in total. The van der Waals surface area contributed by atoms with Gasteiger partial charge in [0.25, 0.3) is 12.3 Å². The third-order valence-electron chi connectivity index (χ3n) is 6.32. The number of amides is 1. The molecule has 39 heavy (non-hydrogen) atoms. The van der Waals surface area contributed by atoms with Crippen molar-refractivity contribution in [3.05, 3.63) is 76.5 Å². The highest BCUT2D eigenvalue weighted by Crippen LogP contribution is 2.35. The number of aromatic nitrogens is 6. The Morgan fingerprint density at radius 3 is 2.54 bits per heavy atom. The fourth-order valence-electron chi connectivity index (χ4n) is 4.08. The molecule has 0 spiro atoms. The first-order chi connectivity index (χ1) is 18.8. The van der Waals surface area contributed by atoms with Crippen molar-refractivity contribution in [2.45, 2.75) is 25.8 Å². The summed E-state index contributed by atoms with van der Waals surface area (Å²) >= 11 is 5.81. The summed E-state index contributed by atoms with van der Waals surface area (Å²) < 4.78 is 43.3. The van der Waals surface area contributed by atoms with E-state index in [-0.39, 0.29) is 34.4 Å². The highest BCUT2D eigenvalue weighted by Gasteiger charge is 2.24. The van der Waals surface area contributed by atoms with Crippen LogP contribution in [0.3, 0.4) is 0 Å². The lowest BCUT2D eigenvalue weighted by molar-refractivity contribution is 0.102. The smallest absolute Gasteiger partial charge is 0.276 e. The zero-order valence-corrected chi connectivity index (χ0v) is 21.3. The van der Waals surface area contributed by atoms with Crippen LogP contribution in [-0.4, -0.2) is 60.4 Å². The van der Waals surface area contributed by atoms with Crippen molar-refractivity contribution in [2.75, 3.05) is 29.9 Å². The number of aryl methyl sites for hydroxylation is 1. The molecule has 0 bridgehead atoms. The number of carbonyl (C=O) groups is 1. The number of alkyl halides is 2. The predicted molar refractivity (Wildman–Crippen MR) is 136 cm³/mol. The van der Waals surface area contributed by atoms with E-state index < -0.39 is 35.3 Å². The van der Waals surface area contributed by atoms with Gasteiger partial charge >= 0.3 is 0 Å². The van der Waals surface area contributed by atoms with E-state index in [0.29, 0.717) is 11.5 Å². The summed E-state index contributed by atoms with van der Waals surface area (Å²) in [5.74, 6) is -1.19. The van der Waals surface area contributed by atoms with Gasteiger partial charge in [-0.2, -0.15) is 5.10 Å². The highest BCUT2D eigenvalue weighted by molar-refractivity contribution is 6.31. The van der Waals surface area contributed by atoms with Crippen molar-refractivity contribution in [2.24, 2.45) is 0 Å². The average molecular weight is 559 g/mol. The van der Waals surface area contributed by atoms with Crippen molar-refractivity contribution in [1.82, 2.24) is 29.7 Å². The highest BCUT2D eigenvalue weighted by atomic mass is 35.5. The number of halogens is 4. The summed E-state index contributed by atoms with van der Waals surface area (Å²) in [5.41, 5.74) is -0.537. The van der Waals surface area contributed by atoms with E-state index in [2.05, 4.69) is 30.4 Å². The molecule has 0 radical (unpaired) electrons. The molecule has 5 rings (SSSR count). The molecule has 202 valence electrons. The molecule has 4 heterocycles. The van der Waals surface area contributed by atoms with Crippen molar-refractivity contribution in [3.8, 4) is 11.3 Å². The number of nitrogens with one attached hydrogen (secondary N) is 1. The number of aliphatic hydroxyl groups excluding tert-OH is 1. The lowest BCUT2D eigenvalue weighted by Crippen LogP contribution is -2.38.